The number of carbonyl (C=O) groups excluding carboxylic acids is 2. The quantitative estimate of drug-likeness (QED) is 0.213. The van der Waals surface area contributed by atoms with Crippen LogP contribution in [0.1, 0.15) is 103 Å². The molecule has 52 heavy (non-hydrogen) atoms. The van der Waals surface area contributed by atoms with Crippen molar-refractivity contribution in [1.29, 1.82) is 0 Å². The maximum atomic E-state index is 14.5. The molecule has 284 valence electrons. The van der Waals surface area contributed by atoms with Crippen molar-refractivity contribution in [3.8, 4) is 5.75 Å². The molecule has 1 atom stereocenters. The lowest BCUT2D eigenvalue weighted by Crippen LogP contribution is -2.50. The van der Waals surface area contributed by atoms with Gasteiger partial charge < -0.3 is 23.8 Å². The summed E-state index contributed by atoms with van der Waals surface area (Å²) < 4.78 is 66.1. The van der Waals surface area contributed by atoms with Crippen LogP contribution in [0.2, 0.25) is 0 Å². The Kier molecular flexibility index (Phi) is 13.4. The first-order valence-electron chi connectivity index (χ1n) is 17.8. The van der Waals surface area contributed by atoms with Crippen LogP contribution in [0.25, 0.3) is 5.70 Å². The number of halogens is 3. The van der Waals surface area contributed by atoms with Gasteiger partial charge in [-0.15, -0.1) is 4.99 Å². The number of amides is 2. The van der Waals surface area contributed by atoms with Gasteiger partial charge in [-0.25, -0.2) is 14.6 Å². The highest BCUT2D eigenvalue weighted by Gasteiger charge is 2.37. The van der Waals surface area contributed by atoms with E-state index in [1.807, 2.05) is 37.3 Å². The van der Waals surface area contributed by atoms with E-state index >= 15 is 0 Å². The van der Waals surface area contributed by atoms with Gasteiger partial charge in [0.2, 0.25) is 11.9 Å². The van der Waals surface area contributed by atoms with E-state index in [-0.39, 0.29) is 23.8 Å². The highest BCUT2D eigenvalue weighted by molar-refractivity contribution is 6.01. The zero-order chi connectivity index (χ0) is 38.1. The van der Waals surface area contributed by atoms with Gasteiger partial charge in [-0.1, -0.05) is 37.3 Å². The van der Waals surface area contributed by atoms with E-state index in [9.17, 15) is 22.8 Å². The second-order valence-electron chi connectivity index (χ2n) is 14.8. The minimum atomic E-state index is -4.59. The Morgan fingerprint density at radius 3 is 2.35 bits per heavy atom. The molecule has 10 nitrogen and oxygen atoms in total. The van der Waals surface area contributed by atoms with Gasteiger partial charge in [0.15, 0.2) is 0 Å². The Morgan fingerprint density at radius 1 is 0.981 bits per heavy atom. The second kappa shape index (κ2) is 17.3. The van der Waals surface area contributed by atoms with Crippen molar-refractivity contribution in [2.45, 2.75) is 117 Å². The van der Waals surface area contributed by atoms with Gasteiger partial charge in [0, 0.05) is 12.1 Å². The molecule has 1 fully saturated rings. The monoisotopic (exact) mass is 728 g/mol. The number of alkyl halides is 3. The number of carbonyl (C=O) groups is 2. The number of hydrogen-bond donors (Lipinski definition) is 1. The molecule has 4 rings (SSSR count). The number of allylic oxidation sites excluding steroid dienone is 1. The van der Waals surface area contributed by atoms with Crippen LogP contribution in [0.15, 0.2) is 58.5 Å². The molecule has 13 heteroatoms. The summed E-state index contributed by atoms with van der Waals surface area (Å²) in [6.07, 6.45) is -0.687. The fraction of sp³-hybridized carbons (Fsp3) is 0.538. The number of aryl methyl sites for hydroxylation is 2. The molecule has 1 saturated heterocycles. The van der Waals surface area contributed by atoms with Crippen LogP contribution in [0.4, 0.5) is 22.8 Å². The number of guanidine groups is 1. The number of rotatable bonds is 8. The summed E-state index contributed by atoms with van der Waals surface area (Å²) in [5.74, 6) is 0.876. The van der Waals surface area contributed by atoms with Crippen molar-refractivity contribution in [3.05, 3.63) is 70.8 Å². The Hall–Kier alpha value is -4.55. The molecule has 2 aromatic rings. The molecule has 0 saturated carbocycles. The van der Waals surface area contributed by atoms with Gasteiger partial charge in [-0.05, 0) is 116 Å². The lowest BCUT2D eigenvalue weighted by Gasteiger charge is -2.30. The molecule has 1 N–H and O–H groups in total. The number of nitrogens with one attached hydrogen (secondary N) is 1. The van der Waals surface area contributed by atoms with E-state index < -0.39 is 41.2 Å². The Labute approximate surface area is 304 Å². The smallest absolute Gasteiger partial charge is 0.437 e. The van der Waals surface area contributed by atoms with Gasteiger partial charge in [-0.3, -0.25) is 5.32 Å². The normalized spacial score (nSPS) is 17.3. The number of hydrogen-bond acceptors (Lipinski definition) is 7. The van der Waals surface area contributed by atoms with Crippen molar-refractivity contribution in [1.82, 2.24) is 10.2 Å². The summed E-state index contributed by atoms with van der Waals surface area (Å²) >= 11 is 0. The van der Waals surface area contributed by atoms with Crippen LogP contribution < -0.4 is 10.1 Å². The number of likely N-dealkylation sites (tertiary alicyclic amines) is 1. The first-order valence-corrected chi connectivity index (χ1v) is 17.8. The number of nitrogens with zero attached hydrogens (tertiary/aromatic N) is 3. The lowest BCUT2D eigenvalue weighted by atomic mass is 9.96. The lowest BCUT2D eigenvalue weighted by molar-refractivity contribution is -0.138. The average Bonchev–Trinajstić information content (AvgIpc) is 3.51. The molecule has 0 radical (unpaired) electrons. The summed E-state index contributed by atoms with van der Waals surface area (Å²) in [6, 6.07) is 11.2. The third-order valence-corrected chi connectivity index (χ3v) is 7.97. The maximum Gasteiger partial charge on any atom is 0.437 e. The second-order valence-corrected chi connectivity index (χ2v) is 14.8. The third-order valence-electron chi connectivity index (χ3n) is 7.97. The van der Waals surface area contributed by atoms with E-state index in [1.54, 1.807) is 52.5 Å². The van der Waals surface area contributed by atoms with Crippen LogP contribution in [-0.2, 0) is 33.2 Å². The molecule has 2 aromatic carbocycles. The maximum absolute atomic E-state index is 14.5. The minimum absolute atomic E-state index is 0.100. The fourth-order valence-electron chi connectivity index (χ4n) is 5.72. The third kappa shape index (κ3) is 12.3. The molecular formula is C39H51F3N4O6. The van der Waals surface area contributed by atoms with Crippen molar-refractivity contribution >= 4 is 29.7 Å². The minimum Gasteiger partial charge on any atom is -0.494 e. The van der Waals surface area contributed by atoms with E-state index in [0.29, 0.717) is 63.1 Å². The van der Waals surface area contributed by atoms with Crippen molar-refractivity contribution in [2.75, 3.05) is 19.8 Å². The van der Waals surface area contributed by atoms with Gasteiger partial charge in [0.1, 0.15) is 23.0 Å². The first-order chi connectivity index (χ1) is 24.4. The van der Waals surface area contributed by atoms with Crippen LogP contribution in [-0.4, -0.2) is 65.9 Å². The highest BCUT2D eigenvalue weighted by Crippen LogP contribution is 2.36. The largest absolute Gasteiger partial charge is 0.494 e. The topological polar surface area (TPSA) is 111 Å². The molecule has 2 amide bonds. The van der Waals surface area contributed by atoms with E-state index in [2.05, 4.69) is 10.3 Å². The molecular weight excluding hydrogens is 677 g/mol. The average molecular weight is 729 g/mol. The van der Waals surface area contributed by atoms with Gasteiger partial charge in [0.25, 0.3) is 0 Å². The van der Waals surface area contributed by atoms with Gasteiger partial charge in [-0.2, -0.15) is 13.2 Å². The molecule has 2 aliphatic rings. The van der Waals surface area contributed by atoms with Crippen LogP contribution >= 0.6 is 0 Å². The molecule has 0 aromatic heterocycles. The van der Waals surface area contributed by atoms with Crippen molar-refractivity contribution in [3.63, 3.8) is 0 Å². The summed E-state index contributed by atoms with van der Waals surface area (Å²) in [5.41, 5.74) is -0.641. The number of alkyl carbamates (subject to hydrolysis) is 1. The number of benzene rings is 2. The van der Waals surface area contributed by atoms with Crippen molar-refractivity contribution < 1.29 is 41.7 Å². The Balaban J connectivity index is 1.63. The molecule has 0 aliphatic carbocycles. The first kappa shape index (κ1) is 40.2. The van der Waals surface area contributed by atoms with E-state index in [1.165, 1.54) is 6.07 Å². The summed E-state index contributed by atoms with van der Waals surface area (Å²) in [4.78, 5) is 36.3. The van der Waals surface area contributed by atoms with Crippen LogP contribution in [0.3, 0.4) is 0 Å². The summed E-state index contributed by atoms with van der Waals surface area (Å²) in [7, 11) is 0. The number of aliphatic imine (C=N–C) groups is 2. The molecule has 2 heterocycles. The van der Waals surface area contributed by atoms with Crippen molar-refractivity contribution in [2.24, 2.45) is 9.98 Å². The van der Waals surface area contributed by atoms with E-state index in [0.717, 1.165) is 23.8 Å². The molecule has 0 bridgehead atoms. The van der Waals surface area contributed by atoms with Crippen LogP contribution in [0, 0.1) is 0 Å². The Morgan fingerprint density at radius 2 is 1.69 bits per heavy atom. The zero-order valence-corrected chi connectivity index (χ0v) is 31.2. The predicted molar refractivity (Wildman–Crippen MR) is 194 cm³/mol. The number of ether oxygens (including phenoxy) is 4. The highest BCUT2D eigenvalue weighted by atomic mass is 19.4. The van der Waals surface area contributed by atoms with Crippen LogP contribution in [0.5, 0.6) is 5.75 Å². The van der Waals surface area contributed by atoms with E-state index in [4.69, 9.17) is 23.9 Å². The fourth-order valence-corrected chi connectivity index (χ4v) is 5.72. The molecule has 0 unspecified atom stereocenters. The molecule has 2 aliphatic heterocycles. The van der Waals surface area contributed by atoms with Gasteiger partial charge >= 0.3 is 18.4 Å². The SMILES string of the molecule is CCCOc1ccc(CCc2ccc(C3=CCCCOC([C@@H]4CCCN4C(=NC(=O)OC(C)(C)C)NC(=O)OC(C)(C)C)=N3)cc2C(F)(F)F)cc1. The molecule has 0 spiro atoms. The summed E-state index contributed by atoms with van der Waals surface area (Å²) in [6.45, 7) is 13.5. The predicted octanol–water partition coefficient (Wildman–Crippen LogP) is 9.11. The standard InChI is InChI=1S/C39H51F3N4O6/c1-8-23-49-29-20-15-26(16-21-29)14-17-27-18-19-28(25-30(27)39(40,41)42)31-12-9-10-24-50-33(43-31)32-13-11-22-46(32)34(44-35(47)51-37(2,3)4)45-36(48)52-38(5,6)7/h12,15-16,18-21,25,32H,8-11,13-14,17,22-24H2,1-7H3,(H,44,45,47,48)/t32-/m0/s1. The zero-order valence-electron chi connectivity index (χ0n) is 31.2. The summed E-state index contributed by atoms with van der Waals surface area (Å²) in [5, 5.41) is 2.59. The Bertz CT molecular complexity index is 1640. The van der Waals surface area contributed by atoms with Gasteiger partial charge in [0.05, 0.1) is 24.5 Å².